The third-order valence-corrected chi connectivity index (χ3v) is 3.89. The molecule has 0 spiro atoms. The summed E-state index contributed by atoms with van der Waals surface area (Å²) in [5.74, 6) is 1.02. The zero-order valence-corrected chi connectivity index (χ0v) is 11.6. The van der Waals surface area contributed by atoms with Gasteiger partial charge in [-0.3, -0.25) is 4.90 Å². The first-order chi connectivity index (χ1) is 8.74. The van der Waals surface area contributed by atoms with Gasteiger partial charge < -0.3 is 10.1 Å². The summed E-state index contributed by atoms with van der Waals surface area (Å²) in [5.41, 5.74) is 1.29. The molecule has 18 heavy (non-hydrogen) atoms. The lowest BCUT2D eigenvalue weighted by molar-refractivity contribution is 0.192. The second-order valence-electron chi connectivity index (χ2n) is 4.96. The summed E-state index contributed by atoms with van der Waals surface area (Å²) >= 11 is 0. The predicted octanol–water partition coefficient (Wildman–Crippen LogP) is 2.44. The van der Waals surface area contributed by atoms with Gasteiger partial charge in [0.15, 0.2) is 0 Å². The van der Waals surface area contributed by atoms with Crippen LogP contribution in [-0.2, 0) is 0 Å². The van der Waals surface area contributed by atoms with E-state index in [1.54, 1.807) is 0 Å². The fourth-order valence-electron chi connectivity index (χ4n) is 2.64. The average Bonchev–Trinajstić information content (AvgIpc) is 2.92. The van der Waals surface area contributed by atoms with E-state index in [9.17, 15) is 0 Å². The lowest BCUT2D eigenvalue weighted by atomic mass is 10.0. The Balaban J connectivity index is 2.13. The first-order valence-electron chi connectivity index (χ1n) is 6.88. The Kier molecular flexibility index (Phi) is 4.61. The van der Waals surface area contributed by atoms with Crippen molar-refractivity contribution in [1.82, 2.24) is 10.2 Å². The highest BCUT2D eigenvalue weighted by Gasteiger charge is 2.25. The summed E-state index contributed by atoms with van der Waals surface area (Å²) in [6.45, 7) is 7.24. The topological polar surface area (TPSA) is 24.5 Å². The van der Waals surface area contributed by atoms with Crippen LogP contribution in [-0.4, -0.2) is 37.7 Å². The molecule has 2 unspecified atom stereocenters. The molecule has 100 valence electrons. The minimum absolute atomic E-state index is 0.387. The average molecular weight is 248 g/mol. The molecule has 1 aliphatic rings. The normalized spacial score (nSPS) is 21.2. The van der Waals surface area contributed by atoms with Crippen LogP contribution in [0.2, 0.25) is 0 Å². The summed E-state index contributed by atoms with van der Waals surface area (Å²) in [5, 5.41) is 3.43. The molecule has 1 saturated heterocycles. The van der Waals surface area contributed by atoms with E-state index in [0.717, 1.165) is 25.4 Å². The monoisotopic (exact) mass is 248 g/mol. The lowest BCUT2D eigenvalue weighted by Gasteiger charge is -2.31. The number of ether oxygens (including phenoxy) is 1. The maximum atomic E-state index is 5.73. The second kappa shape index (κ2) is 6.21. The largest absolute Gasteiger partial charge is 0.494 e. The third-order valence-electron chi connectivity index (χ3n) is 3.89. The van der Waals surface area contributed by atoms with Crippen LogP contribution in [0.3, 0.4) is 0 Å². The Morgan fingerprint density at radius 1 is 1.44 bits per heavy atom. The van der Waals surface area contributed by atoms with Gasteiger partial charge in [-0.1, -0.05) is 18.2 Å². The standard InChI is InChI=1S/C15H24N2O/c1-4-18-15-8-6-5-7-14(15)12(2)17(3)13-9-10-16-11-13/h5-8,12-13,16H,4,9-11H2,1-3H3. The van der Waals surface area contributed by atoms with Gasteiger partial charge in [0, 0.05) is 24.2 Å². The Bertz CT molecular complexity index is 375. The van der Waals surface area contributed by atoms with Crippen LogP contribution in [0.5, 0.6) is 5.75 Å². The van der Waals surface area contributed by atoms with E-state index < -0.39 is 0 Å². The molecule has 0 aliphatic carbocycles. The van der Waals surface area contributed by atoms with Crippen molar-refractivity contribution in [1.29, 1.82) is 0 Å². The first kappa shape index (κ1) is 13.4. The molecular formula is C15H24N2O. The van der Waals surface area contributed by atoms with Crippen molar-refractivity contribution in [3.05, 3.63) is 29.8 Å². The van der Waals surface area contributed by atoms with Gasteiger partial charge in [-0.05, 0) is 39.9 Å². The van der Waals surface area contributed by atoms with E-state index >= 15 is 0 Å². The highest BCUT2D eigenvalue weighted by Crippen LogP contribution is 2.30. The van der Waals surface area contributed by atoms with E-state index in [1.807, 2.05) is 13.0 Å². The summed E-state index contributed by atoms with van der Waals surface area (Å²) in [4.78, 5) is 2.46. The Morgan fingerprint density at radius 3 is 2.89 bits per heavy atom. The van der Waals surface area contributed by atoms with Crippen LogP contribution >= 0.6 is 0 Å². The van der Waals surface area contributed by atoms with Crippen molar-refractivity contribution in [2.24, 2.45) is 0 Å². The number of benzene rings is 1. The number of hydrogen-bond acceptors (Lipinski definition) is 3. The van der Waals surface area contributed by atoms with E-state index in [0.29, 0.717) is 12.1 Å². The minimum atomic E-state index is 0.387. The molecule has 1 aliphatic heterocycles. The van der Waals surface area contributed by atoms with Crippen molar-refractivity contribution in [2.75, 3.05) is 26.7 Å². The van der Waals surface area contributed by atoms with Gasteiger partial charge in [0.1, 0.15) is 5.75 Å². The van der Waals surface area contributed by atoms with E-state index in [2.05, 4.69) is 42.4 Å². The number of nitrogens with one attached hydrogen (secondary N) is 1. The van der Waals surface area contributed by atoms with Gasteiger partial charge in [-0.2, -0.15) is 0 Å². The van der Waals surface area contributed by atoms with Crippen molar-refractivity contribution < 1.29 is 4.74 Å². The van der Waals surface area contributed by atoms with Crippen molar-refractivity contribution in [3.8, 4) is 5.75 Å². The van der Waals surface area contributed by atoms with Gasteiger partial charge in [-0.15, -0.1) is 0 Å². The fourth-order valence-corrected chi connectivity index (χ4v) is 2.64. The molecule has 0 bridgehead atoms. The van der Waals surface area contributed by atoms with Crippen LogP contribution in [0.15, 0.2) is 24.3 Å². The molecule has 3 nitrogen and oxygen atoms in total. The molecule has 1 N–H and O–H groups in total. The van der Waals surface area contributed by atoms with Gasteiger partial charge >= 0.3 is 0 Å². The third kappa shape index (κ3) is 2.85. The molecule has 1 aromatic rings. The Hall–Kier alpha value is -1.06. The van der Waals surface area contributed by atoms with E-state index in [4.69, 9.17) is 4.74 Å². The number of nitrogens with zero attached hydrogens (tertiary/aromatic N) is 1. The highest BCUT2D eigenvalue weighted by molar-refractivity contribution is 5.35. The van der Waals surface area contributed by atoms with Gasteiger partial charge in [0.05, 0.1) is 6.61 Å². The summed E-state index contributed by atoms with van der Waals surface area (Å²) in [6, 6.07) is 9.39. The maximum absolute atomic E-state index is 5.73. The molecule has 1 heterocycles. The summed E-state index contributed by atoms with van der Waals surface area (Å²) in [6.07, 6.45) is 1.23. The maximum Gasteiger partial charge on any atom is 0.124 e. The van der Waals surface area contributed by atoms with Crippen LogP contribution in [0.4, 0.5) is 0 Å². The van der Waals surface area contributed by atoms with Crippen LogP contribution in [0.1, 0.15) is 31.9 Å². The highest BCUT2D eigenvalue weighted by atomic mass is 16.5. The predicted molar refractivity (Wildman–Crippen MR) is 75.1 cm³/mol. The Morgan fingerprint density at radius 2 is 2.22 bits per heavy atom. The summed E-state index contributed by atoms with van der Waals surface area (Å²) < 4.78 is 5.73. The fraction of sp³-hybridized carbons (Fsp3) is 0.600. The number of rotatable bonds is 5. The SMILES string of the molecule is CCOc1ccccc1C(C)N(C)C1CCNC1. The molecular weight excluding hydrogens is 224 g/mol. The smallest absolute Gasteiger partial charge is 0.124 e. The van der Waals surface area contributed by atoms with Crippen molar-refractivity contribution >= 4 is 0 Å². The first-order valence-corrected chi connectivity index (χ1v) is 6.88. The second-order valence-corrected chi connectivity index (χ2v) is 4.96. The van der Waals surface area contributed by atoms with Gasteiger partial charge in [0.2, 0.25) is 0 Å². The van der Waals surface area contributed by atoms with Crippen LogP contribution < -0.4 is 10.1 Å². The van der Waals surface area contributed by atoms with Gasteiger partial charge in [-0.25, -0.2) is 0 Å². The Labute approximate surface area is 110 Å². The molecule has 1 aromatic carbocycles. The number of hydrogen-bond donors (Lipinski definition) is 1. The molecule has 0 saturated carbocycles. The molecule has 2 atom stereocenters. The summed E-state index contributed by atoms with van der Waals surface area (Å²) in [7, 11) is 2.21. The molecule has 2 rings (SSSR count). The van der Waals surface area contributed by atoms with E-state index in [-0.39, 0.29) is 0 Å². The van der Waals surface area contributed by atoms with Crippen LogP contribution in [0, 0.1) is 0 Å². The van der Waals surface area contributed by atoms with Gasteiger partial charge in [0.25, 0.3) is 0 Å². The quantitative estimate of drug-likeness (QED) is 0.866. The van der Waals surface area contributed by atoms with Crippen molar-refractivity contribution in [3.63, 3.8) is 0 Å². The lowest BCUT2D eigenvalue weighted by Crippen LogP contribution is -2.35. The molecule has 3 heteroatoms. The molecule has 0 amide bonds. The minimum Gasteiger partial charge on any atom is -0.494 e. The zero-order chi connectivity index (χ0) is 13.0. The van der Waals surface area contributed by atoms with E-state index in [1.165, 1.54) is 12.0 Å². The number of likely N-dealkylation sites (N-methyl/N-ethyl adjacent to an activating group) is 1. The van der Waals surface area contributed by atoms with Crippen molar-refractivity contribution in [2.45, 2.75) is 32.4 Å². The molecule has 1 fully saturated rings. The van der Waals surface area contributed by atoms with Crippen LogP contribution in [0.25, 0.3) is 0 Å². The number of para-hydroxylation sites is 1. The molecule has 0 aromatic heterocycles. The molecule has 0 radical (unpaired) electrons. The zero-order valence-electron chi connectivity index (χ0n) is 11.6.